The van der Waals surface area contributed by atoms with Crippen LogP contribution in [0.15, 0.2) is 78.9 Å². The summed E-state index contributed by atoms with van der Waals surface area (Å²) in [7, 11) is 0. The molecule has 2 fully saturated rings. The Balaban J connectivity index is 1.16. The molecule has 0 aromatic heterocycles. The first-order chi connectivity index (χ1) is 15.2. The Labute approximate surface area is 182 Å². The summed E-state index contributed by atoms with van der Waals surface area (Å²) < 4.78 is 6.05. The van der Waals surface area contributed by atoms with Crippen LogP contribution >= 0.6 is 0 Å². The van der Waals surface area contributed by atoms with Gasteiger partial charge in [-0.15, -0.1) is 0 Å². The van der Waals surface area contributed by atoms with Gasteiger partial charge in [0.25, 0.3) is 0 Å². The number of hydrogen-bond donors (Lipinski definition) is 1. The number of carbonyl (C=O) groups is 1. The summed E-state index contributed by atoms with van der Waals surface area (Å²) in [5.74, 6) is 2.00. The Kier molecular flexibility index (Phi) is 4.35. The molecule has 2 unspecified atom stereocenters. The zero-order valence-electron chi connectivity index (χ0n) is 17.5. The van der Waals surface area contributed by atoms with E-state index in [4.69, 9.17) is 4.74 Å². The van der Waals surface area contributed by atoms with E-state index in [9.17, 15) is 4.79 Å². The molecule has 31 heavy (non-hydrogen) atoms. The molecule has 4 nitrogen and oxygen atoms in total. The second-order valence-electron chi connectivity index (χ2n) is 9.25. The Morgan fingerprint density at radius 3 is 2.29 bits per heavy atom. The predicted molar refractivity (Wildman–Crippen MR) is 120 cm³/mol. The Morgan fingerprint density at radius 1 is 0.935 bits per heavy atom. The zero-order valence-corrected chi connectivity index (χ0v) is 17.5. The molecule has 1 amide bonds. The van der Waals surface area contributed by atoms with Crippen LogP contribution in [0.25, 0.3) is 0 Å². The van der Waals surface area contributed by atoms with E-state index in [0.717, 1.165) is 48.8 Å². The van der Waals surface area contributed by atoms with Gasteiger partial charge >= 0.3 is 0 Å². The quantitative estimate of drug-likeness (QED) is 0.670. The third kappa shape index (κ3) is 3.31. The third-order valence-corrected chi connectivity index (χ3v) is 7.18. The van der Waals surface area contributed by atoms with Crippen molar-refractivity contribution in [3.8, 4) is 11.5 Å². The number of carbonyl (C=O) groups excluding carboxylic acids is 1. The highest BCUT2D eigenvalue weighted by Gasteiger charge is 2.59. The predicted octanol–water partition coefficient (Wildman–Crippen LogP) is 4.56. The molecule has 1 aliphatic carbocycles. The fourth-order valence-electron chi connectivity index (χ4n) is 5.50. The minimum atomic E-state index is -0.323. The van der Waals surface area contributed by atoms with Gasteiger partial charge < -0.3 is 10.1 Å². The van der Waals surface area contributed by atoms with Crippen molar-refractivity contribution in [2.75, 3.05) is 19.6 Å². The van der Waals surface area contributed by atoms with Crippen molar-refractivity contribution in [3.63, 3.8) is 0 Å². The standard InChI is InChI=1S/C27H26N2O2/c30-26(25-21-10-4-6-12-23(21)31-24-13-7-5-11-22(24)25)28-17-27-14-20(27)16-29(18-27)15-19-8-2-1-3-9-19/h1-13,20,25H,14-18H2,(H,28,30). The van der Waals surface area contributed by atoms with Gasteiger partial charge in [0.05, 0.1) is 5.92 Å². The van der Waals surface area contributed by atoms with Gasteiger partial charge in [-0.05, 0) is 30.0 Å². The average molecular weight is 411 g/mol. The van der Waals surface area contributed by atoms with Gasteiger partial charge in [-0.25, -0.2) is 0 Å². The average Bonchev–Trinajstić information content (AvgIpc) is 3.36. The van der Waals surface area contributed by atoms with Gasteiger partial charge in [-0.1, -0.05) is 66.7 Å². The van der Waals surface area contributed by atoms with Crippen molar-refractivity contribution in [1.82, 2.24) is 10.2 Å². The van der Waals surface area contributed by atoms with E-state index >= 15 is 0 Å². The van der Waals surface area contributed by atoms with E-state index in [1.165, 1.54) is 12.0 Å². The van der Waals surface area contributed by atoms with Crippen LogP contribution < -0.4 is 10.1 Å². The van der Waals surface area contributed by atoms with Gasteiger partial charge in [0.15, 0.2) is 0 Å². The van der Waals surface area contributed by atoms with E-state index in [1.807, 2.05) is 48.5 Å². The lowest BCUT2D eigenvalue weighted by atomic mass is 9.87. The lowest BCUT2D eigenvalue weighted by Crippen LogP contribution is -2.37. The lowest BCUT2D eigenvalue weighted by molar-refractivity contribution is -0.122. The molecule has 2 heterocycles. The van der Waals surface area contributed by atoms with Crippen LogP contribution in [-0.2, 0) is 11.3 Å². The SMILES string of the molecule is O=C(NCC12CC1CN(Cc1ccccc1)C2)C1c2ccccc2Oc2ccccc21. The first kappa shape index (κ1) is 18.6. The molecular formula is C27H26N2O2. The highest BCUT2D eigenvalue weighted by atomic mass is 16.5. The second-order valence-corrected chi connectivity index (χ2v) is 9.25. The normalized spacial score (nSPS) is 23.9. The molecule has 4 heteroatoms. The summed E-state index contributed by atoms with van der Waals surface area (Å²) in [5.41, 5.74) is 3.49. The van der Waals surface area contributed by atoms with Crippen LogP contribution in [0.4, 0.5) is 0 Å². The molecule has 1 saturated heterocycles. The number of ether oxygens (including phenoxy) is 1. The molecule has 6 rings (SSSR count). The minimum absolute atomic E-state index is 0.0738. The molecule has 1 N–H and O–H groups in total. The second kappa shape index (κ2) is 7.24. The monoisotopic (exact) mass is 410 g/mol. The van der Waals surface area contributed by atoms with Crippen molar-refractivity contribution in [1.29, 1.82) is 0 Å². The molecule has 0 radical (unpaired) electrons. The molecule has 0 spiro atoms. The van der Waals surface area contributed by atoms with Crippen molar-refractivity contribution < 1.29 is 9.53 Å². The van der Waals surface area contributed by atoms with Crippen molar-refractivity contribution in [2.45, 2.75) is 18.9 Å². The number of nitrogens with zero attached hydrogens (tertiary/aromatic N) is 1. The number of nitrogens with one attached hydrogen (secondary N) is 1. The molecular weight excluding hydrogens is 384 g/mol. The summed E-state index contributed by atoms with van der Waals surface area (Å²) in [4.78, 5) is 16.0. The minimum Gasteiger partial charge on any atom is -0.457 e. The van der Waals surface area contributed by atoms with E-state index in [0.29, 0.717) is 5.92 Å². The Hall–Kier alpha value is -3.11. The van der Waals surface area contributed by atoms with E-state index in [2.05, 4.69) is 40.5 Å². The van der Waals surface area contributed by atoms with Gasteiger partial charge in [-0.3, -0.25) is 9.69 Å². The highest BCUT2D eigenvalue weighted by Crippen LogP contribution is 2.57. The molecule has 3 aromatic carbocycles. The smallest absolute Gasteiger partial charge is 0.232 e. The fraction of sp³-hybridized carbons (Fsp3) is 0.296. The number of amides is 1. The highest BCUT2D eigenvalue weighted by molar-refractivity contribution is 5.89. The number of piperidine rings is 1. The van der Waals surface area contributed by atoms with E-state index < -0.39 is 0 Å². The summed E-state index contributed by atoms with van der Waals surface area (Å²) in [6, 6.07) is 26.4. The maximum absolute atomic E-state index is 13.4. The van der Waals surface area contributed by atoms with E-state index in [1.54, 1.807) is 0 Å². The molecule has 0 bridgehead atoms. The van der Waals surface area contributed by atoms with Crippen LogP contribution in [0.1, 0.15) is 29.0 Å². The third-order valence-electron chi connectivity index (χ3n) is 7.18. The largest absolute Gasteiger partial charge is 0.457 e. The molecule has 156 valence electrons. The first-order valence-corrected chi connectivity index (χ1v) is 11.1. The first-order valence-electron chi connectivity index (χ1n) is 11.1. The van der Waals surface area contributed by atoms with Crippen molar-refractivity contribution >= 4 is 5.91 Å². The van der Waals surface area contributed by atoms with Crippen LogP contribution in [-0.4, -0.2) is 30.4 Å². The van der Waals surface area contributed by atoms with E-state index in [-0.39, 0.29) is 17.2 Å². The number of rotatable bonds is 5. The van der Waals surface area contributed by atoms with Gasteiger partial charge in [0.2, 0.25) is 5.91 Å². The molecule has 3 aliphatic rings. The Morgan fingerprint density at radius 2 is 1.58 bits per heavy atom. The number of benzene rings is 3. The maximum Gasteiger partial charge on any atom is 0.232 e. The number of hydrogen-bond acceptors (Lipinski definition) is 3. The molecule has 1 saturated carbocycles. The zero-order chi connectivity index (χ0) is 20.8. The molecule has 3 aromatic rings. The van der Waals surface area contributed by atoms with Crippen LogP contribution in [0.5, 0.6) is 11.5 Å². The maximum atomic E-state index is 13.4. The number of para-hydroxylation sites is 2. The van der Waals surface area contributed by atoms with Crippen molar-refractivity contribution in [3.05, 3.63) is 95.6 Å². The summed E-state index contributed by atoms with van der Waals surface area (Å²) >= 11 is 0. The van der Waals surface area contributed by atoms with Crippen LogP contribution in [0.3, 0.4) is 0 Å². The number of fused-ring (bicyclic) bond motifs is 3. The topological polar surface area (TPSA) is 41.6 Å². The van der Waals surface area contributed by atoms with Gasteiger partial charge in [0, 0.05) is 42.7 Å². The van der Waals surface area contributed by atoms with Crippen molar-refractivity contribution in [2.24, 2.45) is 11.3 Å². The molecule has 2 aliphatic heterocycles. The summed E-state index contributed by atoms with van der Waals surface area (Å²) in [6.07, 6.45) is 1.22. The Bertz CT molecular complexity index is 1080. The number of likely N-dealkylation sites (tertiary alicyclic amines) is 1. The van der Waals surface area contributed by atoms with Crippen LogP contribution in [0, 0.1) is 11.3 Å². The van der Waals surface area contributed by atoms with Gasteiger partial charge in [-0.2, -0.15) is 0 Å². The molecule has 2 atom stereocenters. The van der Waals surface area contributed by atoms with Crippen LogP contribution in [0.2, 0.25) is 0 Å². The summed E-state index contributed by atoms with van der Waals surface area (Å²) in [6.45, 7) is 3.94. The van der Waals surface area contributed by atoms with Gasteiger partial charge in [0.1, 0.15) is 11.5 Å². The lowest BCUT2D eigenvalue weighted by Gasteiger charge is -2.28. The fourth-order valence-corrected chi connectivity index (χ4v) is 5.50. The summed E-state index contributed by atoms with van der Waals surface area (Å²) in [5, 5.41) is 3.32.